The summed E-state index contributed by atoms with van der Waals surface area (Å²) in [5.41, 5.74) is 0.755. The highest BCUT2D eigenvalue weighted by Gasteiger charge is 2.12. The van der Waals surface area contributed by atoms with Gasteiger partial charge in [-0.1, -0.05) is 0 Å². The number of aliphatic hydroxyl groups is 1. The van der Waals surface area contributed by atoms with Crippen LogP contribution >= 0.6 is 15.9 Å². The first kappa shape index (κ1) is 7.47. The normalized spacial score (nSPS) is 18.7. The van der Waals surface area contributed by atoms with Gasteiger partial charge in [-0.15, -0.1) is 0 Å². The summed E-state index contributed by atoms with van der Waals surface area (Å²) in [6, 6.07) is 0. The van der Waals surface area contributed by atoms with Gasteiger partial charge in [0, 0.05) is 13.2 Å². The van der Waals surface area contributed by atoms with Gasteiger partial charge in [-0.2, -0.15) is 0 Å². The smallest absolute Gasteiger partial charge is 0.211 e. The van der Waals surface area contributed by atoms with Gasteiger partial charge < -0.3 is 15.3 Å². The predicted octanol–water partition coefficient (Wildman–Crippen LogP) is 1.46. The molecule has 1 aliphatic rings. The van der Waals surface area contributed by atoms with Crippen LogP contribution in [0, 0.1) is 0 Å². The Morgan fingerprint density at radius 2 is 2.30 bits per heavy atom. The molecule has 56 valence electrons. The van der Waals surface area contributed by atoms with E-state index in [4.69, 9.17) is 0 Å². The molecule has 1 aliphatic heterocycles. The predicted molar refractivity (Wildman–Crippen MR) is 43.2 cm³/mol. The van der Waals surface area contributed by atoms with Crippen LogP contribution in [0.5, 0.6) is 0 Å². The molecule has 0 saturated heterocycles. The number of nitrogens with one attached hydrogen (secondary N) is 1. The number of aliphatic hydroxyl groups excluding tert-OH is 1. The van der Waals surface area contributed by atoms with Gasteiger partial charge in [0.1, 0.15) is 4.61 Å². The molecule has 0 aliphatic carbocycles. The van der Waals surface area contributed by atoms with Gasteiger partial charge in [0.05, 0.1) is 5.70 Å². The van der Waals surface area contributed by atoms with E-state index in [1.807, 2.05) is 6.92 Å². The number of rotatable bonds is 0. The third-order valence-corrected chi connectivity index (χ3v) is 2.14. The Labute approximate surface area is 68.2 Å². The quantitative estimate of drug-likeness (QED) is 0.587. The van der Waals surface area contributed by atoms with Crippen LogP contribution in [0.3, 0.4) is 0 Å². The molecule has 4 heteroatoms. The standard InChI is InChI=1S/C6H9BrN2O/c1-4-6(10)9(2)5(7)3-8-4/h3,8,10H,1-2H3. The molecule has 10 heavy (non-hydrogen) atoms. The van der Waals surface area contributed by atoms with Crippen molar-refractivity contribution in [3.05, 3.63) is 22.4 Å². The molecule has 1 heterocycles. The summed E-state index contributed by atoms with van der Waals surface area (Å²) in [6.45, 7) is 1.81. The highest BCUT2D eigenvalue weighted by Crippen LogP contribution is 2.19. The summed E-state index contributed by atoms with van der Waals surface area (Å²) >= 11 is 3.25. The third-order valence-electron chi connectivity index (χ3n) is 1.38. The largest absolute Gasteiger partial charge is 0.493 e. The van der Waals surface area contributed by atoms with Crippen LogP contribution in [0.2, 0.25) is 0 Å². The highest BCUT2D eigenvalue weighted by molar-refractivity contribution is 9.11. The van der Waals surface area contributed by atoms with E-state index in [-0.39, 0.29) is 5.88 Å². The molecule has 0 radical (unpaired) electrons. The topological polar surface area (TPSA) is 35.5 Å². The van der Waals surface area contributed by atoms with Crippen LogP contribution in [0.1, 0.15) is 6.92 Å². The number of halogens is 1. The van der Waals surface area contributed by atoms with Crippen LogP contribution in [-0.4, -0.2) is 17.1 Å². The maximum atomic E-state index is 9.29. The van der Waals surface area contributed by atoms with E-state index in [1.165, 1.54) is 0 Å². The minimum Gasteiger partial charge on any atom is -0.493 e. The van der Waals surface area contributed by atoms with Gasteiger partial charge >= 0.3 is 0 Å². The van der Waals surface area contributed by atoms with E-state index in [2.05, 4.69) is 21.2 Å². The SMILES string of the molecule is CC1=C(O)N(C)C(Br)=CN1. The summed E-state index contributed by atoms with van der Waals surface area (Å²) in [4.78, 5) is 1.64. The monoisotopic (exact) mass is 204 g/mol. The summed E-state index contributed by atoms with van der Waals surface area (Å²) in [7, 11) is 1.78. The maximum absolute atomic E-state index is 9.29. The number of hydrogen-bond donors (Lipinski definition) is 2. The molecule has 0 spiro atoms. The molecule has 0 unspecified atom stereocenters. The Bertz CT molecular complexity index is 210. The summed E-state index contributed by atoms with van der Waals surface area (Å²) in [5.74, 6) is 0.245. The average Bonchev–Trinajstić information content (AvgIpc) is 1.93. The second-order valence-electron chi connectivity index (χ2n) is 2.12. The summed E-state index contributed by atoms with van der Waals surface area (Å²) in [6.07, 6.45) is 1.77. The molecule has 3 nitrogen and oxygen atoms in total. The minimum absolute atomic E-state index is 0.245. The van der Waals surface area contributed by atoms with E-state index in [0.717, 1.165) is 10.3 Å². The fourth-order valence-corrected chi connectivity index (χ4v) is 0.964. The molecular weight excluding hydrogens is 196 g/mol. The molecule has 0 bridgehead atoms. The van der Waals surface area contributed by atoms with Crippen LogP contribution < -0.4 is 5.32 Å². The Kier molecular flexibility index (Phi) is 1.89. The lowest BCUT2D eigenvalue weighted by Gasteiger charge is -2.23. The van der Waals surface area contributed by atoms with E-state index < -0.39 is 0 Å². The molecule has 1 rings (SSSR count). The minimum atomic E-state index is 0.245. The first-order valence-corrected chi connectivity index (χ1v) is 3.68. The summed E-state index contributed by atoms with van der Waals surface area (Å²) in [5, 5.41) is 12.2. The van der Waals surface area contributed by atoms with Crippen molar-refractivity contribution >= 4 is 15.9 Å². The van der Waals surface area contributed by atoms with Crippen LogP contribution in [0.25, 0.3) is 0 Å². The van der Waals surface area contributed by atoms with Gasteiger partial charge in [-0.05, 0) is 22.9 Å². The molecule has 0 atom stereocenters. The van der Waals surface area contributed by atoms with Gasteiger partial charge in [-0.25, -0.2) is 0 Å². The zero-order valence-electron chi connectivity index (χ0n) is 5.85. The lowest BCUT2D eigenvalue weighted by molar-refractivity contribution is 0.264. The first-order valence-electron chi connectivity index (χ1n) is 2.88. The Morgan fingerprint density at radius 1 is 1.70 bits per heavy atom. The zero-order chi connectivity index (χ0) is 7.72. The Morgan fingerprint density at radius 3 is 2.80 bits per heavy atom. The van der Waals surface area contributed by atoms with Crippen molar-refractivity contribution in [3.63, 3.8) is 0 Å². The molecule has 0 fully saturated rings. The molecule has 0 amide bonds. The third kappa shape index (κ3) is 1.11. The van der Waals surface area contributed by atoms with Crippen LogP contribution in [0.15, 0.2) is 22.4 Å². The van der Waals surface area contributed by atoms with Gasteiger partial charge in [-0.3, -0.25) is 0 Å². The Hall–Kier alpha value is -0.640. The molecule has 0 aromatic heterocycles. The van der Waals surface area contributed by atoms with Crippen molar-refractivity contribution in [1.82, 2.24) is 10.2 Å². The summed E-state index contributed by atoms with van der Waals surface area (Å²) < 4.78 is 0.815. The lowest BCUT2D eigenvalue weighted by atomic mass is 10.4. The second kappa shape index (κ2) is 2.54. The van der Waals surface area contributed by atoms with E-state index in [0.29, 0.717) is 0 Å². The van der Waals surface area contributed by atoms with Crippen molar-refractivity contribution in [2.24, 2.45) is 0 Å². The Balaban J connectivity index is 2.86. The molecule has 0 aromatic rings. The van der Waals surface area contributed by atoms with Gasteiger partial charge in [0.15, 0.2) is 0 Å². The molecular formula is C6H9BrN2O. The van der Waals surface area contributed by atoms with E-state index in [1.54, 1.807) is 18.1 Å². The van der Waals surface area contributed by atoms with Crippen molar-refractivity contribution in [2.75, 3.05) is 7.05 Å². The molecule has 2 N–H and O–H groups in total. The number of nitrogens with zero attached hydrogens (tertiary/aromatic N) is 1. The average molecular weight is 205 g/mol. The van der Waals surface area contributed by atoms with Crippen molar-refractivity contribution in [1.29, 1.82) is 0 Å². The second-order valence-corrected chi connectivity index (χ2v) is 2.93. The van der Waals surface area contributed by atoms with Gasteiger partial charge in [0.25, 0.3) is 0 Å². The number of hydrogen-bond acceptors (Lipinski definition) is 3. The zero-order valence-corrected chi connectivity index (χ0v) is 7.44. The first-order chi connectivity index (χ1) is 4.63. The number of allylic oxidation sites excluding steroid dienone is 1. The molecule has 0 saturated carbocycles. The van der Waals surface area contributed by atoms with E-state index >= 15 is 0 Å². The van der Waals surface area contributed by atoms with Gasteiger partial charge in [0.2, 0.25) is 5.88 Å². The van der Waals surface area contributed by atoms with Crippen molar-refractivity contribution in [3.8, 4) is 0 Å². The van der Waals surface area contributed by atoms with Crippen molar-refractivity contribution < 1.29 is 5.11 Å². The van der Waals surface area contributed by atoms with Crippen LogP contribution in [-0.2, 0) is 0 Å². The fourth-order valence-electron chi connectivity index (χ4n) is 0.682. The molecule has 0 aromatic carbocycles. The van der Waals surface area contributed by atoms with Crippen LogP contribution in [0.4, 0.5) is 0 Å². The fraction of sp³-hybridized carbons (Fsp3) is 0.333. The van der Waals surface area contributed by atoms with E-state index in [9.17, 15) is 5.11 Å². The highest BCUT2D eigenvalue weighted by atomic mass is 79.9. The van der Waals surface area contributed by atoms with Crippen molar-refractivity contribution in [2.45, 2.75) is 6.92 Å². The maximum Gasteiger partial charge on any atom is 0.211 e. The lowest BCUT2D eigenvalue weighted by Crippen LogP contribution is -2.24.